The smallest absolute Gasteiger partial charge is 0.231 e. The Morgan fingerprint density at radius 1 is 1.00 bits per heavy atom. The lowest BCUT2D eigenvalue weighted by Gasteiger charge is -2.26. The molecule has 1 aromatic carbocycles. The minimum Gasteiger partial charge on any atom is -0.454 e. The Kier molecular flexibility index (Phi) is 4.16. The highest BCUT2D eigenvalue weighted by atomic mass is 16.7. The first kappa shape index (κ1) is 14.5. The molecule has 0 spiro atoms. The SMILES string of the molecule is c1ccc(C2CCC([NH2+]Cc3cccc4c3OCO4)CC2)nc1. The van der Waals surface area contributed by atoms with E-state index in [9.17, 15) is 0 Å². The van der Waals surface area contributed by atoms with Crippen LogP contribution in [0.15, 0.2) is 42.6 Å². The maximum atomic E-state index is 5.59. The van der Waals surface area contributed by atoms with Gasteiger partial charge in [0.05, 0.1) is 11.6 Å². The molecule has 1 aliphatic carbocycles. The van der Waals surface area contributed by atoms with Crippen LogP contribution in [0.2, 0.25) is 0 Å². The molecule has 4 nitrogen and oxygen atoms in total. The molecule has 1 aliphatic heterocycles. The van der Waals surface area contributed by atoms with Crippen LogP contribution in [-0.2, 0) is 6.54 Å². The fourth-order valence-electron chi connectivity index (χ4n) is 3.71. The summed E-state index contributed by atoms with van der Waals surface area (Å²) in [5.74, 6) is 2.46. The molecule has 0 atom stereocenters. The number of nitrogens with two attached hydrogens (primary N) is 1. The summed E-state index contributed by atoms with van der Waals surface area (Å²) in [6, 6.07) is 13.1. The normalized spacial score (nSPS) is 23.0. The molecule has 1 fully saturated rings. The van der Waals surface area contributed by atoms with Crippen molar-refractivity contribution in [3.8, 4) is 11.5 Å². The summed E-state index contributed by atoms with van der Waals surface area (Å²) < 4.78 is 11.0. The Balaban J connectivity index is 1.31. The zero-order chi connectivity index (χ0) is 15.5. The number of ether oxygens (including phenoxy) is 2. The average molecular weight is 311 g/mol. The molecule has 2 heterocycles. The molecule has 1 saturated carbocycles. The van der Waals surface area contributed by atoms with E-state index in [1.165, 1.54) is 36.9 Å². The molecule has 0 amide bonds. The highest BCUT2D eigenvalue weighted by Crippen LogP contribution is 2.35. The fourth-order valence-corrected chi connectivity index (χ4v) is 3.71. The Morgan fingerprint density at radius 2 is 1.91 bits per heavy atom. The van der Waals surface area contributed by atoms with E-state index in [2.05, 4.69) is 34.6 Å². The summed E-state index contributed by atoms with van der Waals surface area (Å²) in [7, 11) is 0. The maximum Gasteiger partial charge on any atom is 0.231 e. The van der Waals surface area contributed by atoms with E-state index in [-0.39, 0.29) is 0 Å². The van der Waals surface area contributed by atoms with Gasteiger partial charge in [-0.25, -0.2) is 0 Å². The number of nitrogens with zero attached hydrogens (tertiary/aromatic N) is 1. The van der Waals surface area contributed by atoms with Crippen molar-refractivity contribution in [3.63, 3.8) is 0 Å². The van der Waals surface area contributed by atoms with Crippen LogP contribution in [-0.4, -0.2) is 17.8 Å². The standard InChI is InChI=1S/C19H22N2O2/c1-2-11-20-17(5-1)14-7-9-16(10-8-14)21-12-15-4-3-6-18-19(15)23-13-22-18/h1-6,11,14,16,21H,7-10,12-13H2/p+1. The lowest BCUT2D eigenvalue weighted by atomic mass is 9.84. The van der Waals surface area contributed by atoms with Gasteiger partial charge in [-0.3, -0.25) is 4.98 Å². The fraction of sp³-hybridized carbons (Fsp3) is 0.421. The van der Waals surface area contributed by atoms with E-state index in [0.717, 1.165) is 18.0 Å². The van der Waals surface area contributed by atoms with Gasteiger partial charge in [0.1, 0.15) is 6.54 Å². The molecule has 4 rings (SSSR count). The molecule has 1 aromatic heterocycles. The average Bonchev–Trinajstić information content (AvgIpc) is 3.10. The molecule has 23 heavy (non-hydrogen) atoms. The summed E-state index contributed by atoms with van der Waals surface area (Å²) in [5.41, 5.74) is 2.50. The second kappa shape index (κ2) is 6.59. The highest BCUT2D eigenvalue weighted by molar-refractivity contribution is 5.47. The molecule has 120 valence electrons. The number of rotatable bonds is 4. The maximum absolute atomic E-state index is 5.59. The van der Waals surface area contributed by atoms with E-state index in [4.69, 9.17) is 9.47 Å². The van der Waals surface area contributed by atoms with Gasteiger partial charge < -0.3 is 14.8 Å². The van der Waals surface area contributed by atoms with E-state index in [1.54, 1.807) is 0 Å². The summed E-state index contributed by atoms with van der Waals surface area (Å²) in [6.45, 7) is 1.31. The van der Waals surface area contributed by atoms with E-state index < -0.39 is 0 Å². The van der Waals surface area contributed by atoms with Crippen LogP contribution in [0.3, 0.4) is 0 Å². The second-order valence-corrected chi connectivity index (χ2v) is 6.46. The van der Waals surface area contributed by atoms with Crippen LogP contribution in [0.5, 0.6) is 11.5 Å². The van der Waals surface area contributed by atoms with Crippen molar-refractivity contribution >= 4 is 0 Å². The number of pyridine rings is 1. The first-order valence-corrected chi connectivity index (χ1v) is 8.52. The van der Waals surface area contributed by atoms with Crippen molar-refractivity contribution in [1.29, 1.82) is 0 Å². The molecule has 0 bridgehead atoms. The van der Waals surface area contributed by atoms with Crippen LogP contribution in [0.25, 0.3) is 0 Å². The molecule has 0 radical (unpaired) electrons. The van der Waals surface area contributed by atoms with Crippen LogP contribution in [0.4, 0.5) is 0 Å². The zero-order valence-corrected chi connectivity index (χ0v) is 13.3. The van der Waals surface area contributed by atoms with Crippen molar-refractivity contribution in [2.75, 3.05) is 6.79 Å². The van der Waals surface area contributed by atoms with Gasteiger partial charge >= 0.3 is 0 Å². The number of aromatic nitrogens is 1. The second-order valence-electron chi connectivity index (χ2n) is 6.46. The summed E-state index contributed by atoms with van der Waals surface area (Å²) in [4.78, 5) is 4.52. The van der Waals surface area contributed by atoms with Gasteiger partial charge in [-0.05, 0) is 49.9 Å². The molecule has 2 N–H and O–H groups in total. The summed E-state index contributed by atoms with van der Waals surface area (Å²) in [6.07, 6.45) is 6.90. The summed E-state index contributed by atoms with van der Waals surface area (Å²) in [5, 5.41) is 2.46. The van der Waals surface area contributed by atoms with Crippen molar-refractivity contribution in [2.24, 2.45) is 0 Å². The third-order valence-electron chi connectivity index (χ3n) is 5.03. The van der Waals surface area contributed by atoms with Crippen LogP contribution in [0.1, 0.15) is 42.9 Å². The Labute approximate surface area is 136 Å². The summed E-state index contributed by atoms with van der Waals surface area (Å²) >= 11 is 0. The van der Waals surface area contributed by atoms with E-state index in [0.29, 0.717) is 18.8 Å². The van der Waals surface area contributed by atoms with Crippen LogP contribution < -0.4 is 14.8 Å². The van der Waals surface area contributed by atoms with Gasteiger partial charge in [0.15, 0.2) is 11.5 Å². The molecule has 2 aliphatic rings. The molecule has 0 saturated heterocycles. The van der Waals surface area contributed by atoms with E-state index in [1.807, 2.05) is 18.3 Å². The van der Waals surface area contributed by atoms with Crippen molar-refractivity contribution < 1.29 is 14.8 Å². The molecule has 4 heteroatoms. The third kappa shape index (κ3) is 3.17. The number of para-hydroxylation sites is 1. The Hall–Kier alpha value is -2.07. The minimum absolute atomic E-state index is 0.349. The molecular formula is C19H23N2O2+. The number of quaternary nitrogens is 1. The van der Waals surface area contributed by atoms with Crippen molar-refractivity contribution in [3.05, 3.63) is 53.9 Å². The molecule has 0 unspecified atom stereocenters. The monoisotopic (exact) mass is 311 g/mol. The van der Waals surface area contributed by atoms with Gasteiger partial charge in [-0.1, -0.05) is 12.1 Å². The Bertz CT molecular complexity index is 652. The number of hydrogen-bond acceptors (Lipinski definition) is 3. The van der Waals surface area contributed by atoms with Crippen molar-refractivity contribution in [1.82, 2.24) is 4.98 Å². The van der Waals surface area contributed by atoms with Crippen LogP contribution in [0, 0.1) is 0 Å². The predicted molar refractivity (Wildman–Crippen MR) is 87.4 cm³/mol. The Morgan fingerprint density at radius 3 is 2.74 bits per heavy atom. The number of fused-ring (bicyclic) bond motifs is 1. The number of hydrogen-bond donors (Lipinski definition) is 1. The largest absolute Gasteiger partial charge is 0.454 e. The third-order valence-corrected chi connectivity index (χ3v) is 5.03. The first-order chi connectivity index (χ1) is 11.4. The lowest BCUT2D eigenvalue weighted by molar-refractivity contribution is -0.707. The lowest BCUT2D eigenvalue weighted by Crippen LogP contribution is -2.88. The predicted octanol–water partition coefficient (Wildman–Crippen LogP) is 2.60. The van der Waals surface area contributed by atoms with Crippen molar-refractivity contribution in [2.45, 2.75) is 44.2 Å². The van der Waals surface area contributed by atoms with Gasteiger partial charge in [-0.2, -0.15) is 0 Å². The van der Waals surface area contributed by atoms with E-state index >= 15 is 0 Å². The van der Waals surface area contributed by atoms with Gasteiger partial charge in [0.2, 0.25) is 6.79 Å². The highest BCUT2D eigenvalue weighted by Gasteiger charge is 2.26. The first-order valence-electron chi connectivity index (χ1n) is 8.52. The molecular weight excluding hydrogens is 288 g/mol. The topological polar surface area (TPSA) is 48.0 Å². The van der Waals surface area contributed by atoms with Gasteiger partial charge in [0, 0.05) is 17.8 Å². The zero-order valence-electron chi connectivity index (χ0n) is 13.3. The van der Waals surface area contributed by atoms with Crippen LogP contribution >= 0.6 is 0 Å². The number of benzene rings is 1. The van der Waals surface area contributed by atoms with Gasteiger partial charge in [-0.15, -0.1) is 0 Å². The minimum atomic E-state index is 0.349. The van der Waals surface area contributed by atoms with Gasteiger partial charge in [0.25, 0.3) is 0 Å². The quantitative estimate of drug-likeness (QED) is 0.944. The molecule has 2 aromatic rings.